The zero-order valence-corrected chi connectivity index (χ0v) is 12.2. The molecule has 0 spiro atoms. The molecule has 2 rings (SSSR count). The lowest BCUT2D eigenvalue weighted by molar-refractivity contribution is 0.618. The van der Waals surface area contributed by atoms with Gasteiger partial charge < -0.3 is 10.7 Å². The molecule has 3 N–H and O–H groups in total. The molecule has 0 aliphatic rings. The maximum Gasteiger partial charge on any atom is 0.268 e. The molecular formula is C14H8BrFN4O. The quantitative estimate of drug-likeness (QED) is 0.814. The van der Waals surface area contributed by atoms with Gasteiger partial charge in [0.15, 0.2) is 0 Å². The lowest BCUT2D eigenvalue weighted by Gasteiger charge is -2.12. The number of anilines is 1. The fourth-order valence-electron chi connectivity index (χ4n) is 2.04. The van der Waals surface area contributed by atoms with Crippen LogP contribution in [0, 0.1) is 28.5 Å². The molecule has 21 heavy (non-hydrogen) atoms. The number of H-pyrrole nitrogens is 1. The Labute approximate surface area is 127 Å². The molecule has 0 fully saturated rings. The van der Waals surface area contributed by atoms with E-state index in [9.17, 15) is 19.7 Å². The molecule has 0 unspecified atom stereocenters. The van der Waals surface area contributed by atoms with Gasteiger partial charge in [0.2, 0.25) is 0 Å². The number of aromatic amines is 1. The molecule has 2 aromatic rings. The van der Waals surface area contributed by atoms with Gasteiger partial charge in [0.1, 0.15) is 34.9 Å². The van der Waals surface area contributed by atoms with Crippen molar-refractivity contribution in [2.75, 3.05) is 5.73 Å². The summed E-state index contributed by atoms with van der Waals surface area (Å²) in [5.41, 5.74) is 5.18. The first-order valence-electron chi connectivity index (χ1n) is 5.74. The Morgan fingerprint density at radius 1 is 1.29 bits per heavy atom. The number of nitrogens with one attached hydrogen (secondary N) is 1. The van der Waals surface area contributed by atoms with Gasteiger partial charge in [0, 0.05) is 16.5 Å². The van der Waals surface area contributed by atoms with Crippen LogP contribution in [-0.4, -0.2) is 4.98 Å². The van der Waals surface area contributed by atoms with Gasteiger partial charge in [-0.3, -0.25) is 4.79 Å². The van der Waals surface area contributed by atoms with E-state index < -0.39 is 11.4 Å². The molecule has 1 aromatic heterocycles. The van der Waals surface area contributed by atoms with Crippen LogP contribution in [0.2, 0.25) is 0 Å². The van der Waals surface area contributed by atoms with Gasteiger partial charge in [0.25, 0.3) is 5.56 Å². The third-order valence-electron chi connectivity index (χ3n) is 2.99. The van der Waals surface area contributed by atoms with Crippen LogP contribution in [0.3, 0.4) is 0 Å². The molecule has 5 nitrogen and oxygen atoms in total. The van der Waals surface area contributed by atoms with E-state index >= 15 is 0 Å². The standard InChI is InChI=1S/C14H8BrFN4O/c15-4-8-7(2-1-3-11(8)16)12-9(5-17)13(19)20-14(21)10(12)6-18/h1-3H,4H2,(H3,19,20,21). The van der Waals surface area contributed by atoms with E-state index in [4.69, 9.17) is 5.73 Å². The van der Waals surface area contributed by atoms with E-state index in [0.29, 0.717) is 0 Å². The fraction of sp³-hybridized carbons (Fsp3) is 0.0714. The Balaban J connectivity index is 3.01. The van der Waals surface area contributed by atoms with Crippen LogP contribution in [0.4, 0.5) is 10.2 Å². The van der Waals surface area contributed by atoms with Crippen molar-refractivity contribution in [1.82, 2.24) is 4.98 Å². The van der Waals surface area contributed by atoms with Crippen LogP contribution >= 0.6 is 15.9 Å². The maximum atomic E-state index is 13.9. The van der Waals surface area contributed by atoms with Crippen molar-refractivity contribution in [3.63, 3.8) is 0 Å². The lowest BCUT2D eigenvalue weighted by Crippen LogP contribution is -2.16. The van der Waals surface area contributed by atoms with Gasteiger partial charge >= 0.3 is 0 Å². The Bertz CT molecular complexity index is 861. The lowest BCUT2D eigenvalue weighted by atomic mass is 9.93. The topological polar surface area (TPSA) is 106 Å². The molecule has 0 saturated heterocycles. The number of benzene rings is 1. The Hall–Kier alpha value is -2.64. The van der Waals surface area contributed by atoms with Crippen LogP contribution in [0.15, 0.2) is 23.0 Å². The molecule has 0 amide bonds. The van der Waals surface area contributed by atoms with E-state index in [2.05, 4.69) is 20.9 Å². The van der Waals surface area contributed by atoms with E-state index in [1.807, 2.05) is 6.07 Å². The molecule has 0 radical (unpaired) electrons. The maximum absolute atomic E-state index is 13.9. The van der Waals surface area contributed by atoms with E-state index in [0.717, 1.165) is 0 Å². The number of pyridine rings is 1. The first kappa shape index (κ1) is 14.8. The number of nitrogens with zero attached hydrogens (tertiary/aromatic N) is 2. The minimum absolute atomic E-state index is 0.0511. The molecule has 0 aliphatic heterocycles. The van der Waals surface area contributed by atoms with Gasteiger partial charge in [-0.2, -0.15) is 10.5 Å². The van der Waals surface area contributed by atoms with Crippen LogP contribution in [0.1, 0.15) is 16.7 Å². The SMILES string of the molecule is N#Cc1c(N)[nH]c(=O)c(C#N)c1-c1cccc(F)c1CBr. The van der Waals surface area contributed by atoms with Crippen molar-refractivity contribution in [3.8, 4) is 23.3 Å². The number of hydrogen-bond donors (Lipinski definition) is 2. The molecular weight excluding hydrogens is 339 g/mol. The van der Waals surface area contributed by atoms with E-state index in [-0.39, 0.29) is 39.0 Å². The van der Waals surface area contributed by atoms with Gasteiger partial charge in [-0.25, -0.2) is 4.39 Å². The van der Waals surface area contributed by atoms with Crippen molar-refractivity contribution >= 4 is 21.7 Å². The summed E-state index contributed by atoms with van der Waals surface area (Å²) in [6, 6.07) is 7.83. The van der Waals surface area contributed by atoms with Crippen molar-refractivity contribution < 1.29 is 4.39 Å². The molecule has 104 valence electrons. The minimum Gasteiger partial charge on any atom is -0.384 e. The van der Waals surface area contributed by atoms with Crippen molar-refractivity contribution in [2.24, 2.45) is 0 Å². The second-order valence-electron chi connectivity index (χ2n) is 4.12. The predicted octanol–water partition coefficient (Wildman–Crippen LogP) is 2.40. The van der Waals surface area contributed by atoms with Gasteiger partial charge in [-0.05, 0) is 11.6 Å². The highest BCUT2D eigenvalue weighted by Crippen LogP contribution is 2.32. The number of nitriles is 2. The highest BCUT2D eigenvalue weighted by atomic mass is 79.9. The number of nitrogens with two attached hydrogens (primary N) is 1. The summed E-state index contributed by atoms with van der Waals surface area (Å²) >= 11 is 3.16. The van der Waals surface area contributed by atoms with Crippen LogP contribution in [0.25, 0.3) is 11.1 Å². The van der Waals surface area contributed by atoms with E-state index in [1.165, 1.54) is 18.2 Å². The molecule has 0 saturated carbocycles. The smallest absolute Gasteiger partial charge is 0.268 e. The molecule has 7 heteroatoms. The molecule has 0 atom stereocenters. The van der Waals surface area contributed by atoms with Crippen molar-refractivity contribution in [2.45, 2.75) is 5.33 Å². The summed E-state index contributed by atoms with van der Waals surface area (Å²) in [5, 5.41) is 18.6. The normalized spacial score (nSPS) is 9.90. The summed E-state index contributed by atoms with van der Waals surface area (Å²) in [4.78, 5) is 14.1. The zero-order chi connectivity index (χ0) is 15.6. The molecule has 1 heterocycles. The minimum atomic E-state index is -0.714. The number of nitrogen functional groups attached to an aromatic ring is 1. The van der Waals surface area contributed by atoms with Gasteiger partial charge in [0.05, 0.1) is 0 Å². The number of alkyl halides is 1. The zero-order valence-electron chi connectivity index (χ0n) is 10.6. The summed E-state index contributed by atoms with van der Waals surface area (Å²) in [6.07, 6.45) is 0. The molecule has 1 aromatic carbocycles. The van der Waals surface area contributed by atoms with E-state index in [1.54, 1.807) is 6.07 Å². The molecule has 0 aliphatic carbocycles. The Morgan fingerprint density at radius 3 is 2.52 bits per heavy atom. The van der Waals surface area contributed by atoms with Crippen LogP contribution in [0.5, 0.6) is 0 Å². The second kappa shape index (κ2) is 5.78. The third-order valence-corrected chi connectivity index (χ3v) is 3.55. The first-order valence-corrected chi connectivity index (χ1v) is 6.87. The van der Waals surface area contributed by atoms with Crippen molar-refractivity contribution in [3.05, 3.63) is 51.1 Å². The summed E-state index contributed by atoms with van der Waals surface area (Å²) in [6.45, 7) is 0. The van der Waals surface area contributed by atoms with Crippen LogP contribution < -0.4 is 11.3 Å². The van der Waals surface area contributed by atoms with Crippen molar-refractivity contribution in [1.29, 1.82) is 10.5 Å². The summed E-state index contributed by atoms with van der Waals surface area (Å²) in [5.74, 6) is -0.655. The fourth-order valence-corrected chi connectivity index (χ4v) is 2.61. The number of aromatic nitrogens is 1. The van der Waals surface area contributed by atoms with Gasteiger partial charge in [-0.1, -0.05) is 28.1 Å². The largest absolute Gasteiger partial charge is 0.384 e. The monoisotopic (exact) mass is 346 g/mol. The number of halogens is 2. The average molecular weight is 347 g/mol. The molecule has 0 bridgehead atoms. The third kappa shape index (κ3) is 2.39. The summed E-state index contributed by atoms with van der Waals surface area (Å²) < 4.78 is 13.9. The number of hydrogen-bond acceptors (Lipinski definition) is 4. The number of rotatable bonds is 2. The van der Waals surface area contributed by atoms with Gasteiger partial charge in [-0.15, -0.1) is 0 Å². The average Bonchev–Trinajstić information content (AvgIpc) is 2.46. The highest BCUT2D eigenvalue weighted by molar-refractivity contribution is 9.08. The summed E-state index contributed by atoms with van der Waals surface area (Å²) in [7, 11) is 0. The predicted molar refractivity (Wildman–Crippen MR) is 78.9 cm³/mol. The first-order chi connectivity index (χ1) is 10.0. The van der Waals surface area contributed by atoms with Crippen LogP contribution in [-0.2, 0) is 5.33 Å². The Morgan fingerprint density at radius 2 is 1.95 bits per heavy atom. The Kier molecular flexibility index (Phi) is 4.06. The highest BCUT2D eigenvalue weighted by Gasteiger charge is 2.21. The second-order valence-corrected chi connectivity index (χ2v) is 4.68.